The fourth-order valence-electron chi connectivity index (χ4n) is 1.59. The highest BCUT2D eigenvalue weighted by Gasteiger charge is 2.18. The first-order chi connectivity index (χ1) is 7.37. The monoisotopic (exact) mass is 227 g/mol. The average Bonchev–Trinajstić information content (AvgIpc) is 2.44. The lowest BCUT2D eigenvalue weighted by atomic mass is 10.1. The minimum atomic E-state index is -1.07. The molecule has 1 rings (SSSR count). The maximum atomic E-state index is 9.61. The van der Waals surface area contributed by atoms with Crippen molar-refractivity contribution in [2.45, 2.75) is 32.9 Å². The van der Waals surface area contributed by atoms with Crippen molar-refractivity contribution in [2.75, 3.05) is 13.2 Å². The van der Waals surface area contributed by atoms with Crippen LogP contribution >= 0.6 is 0 Å². The zero-order valence-electron chi connectivity index (χ0n) is 10.4. The van der Waals surface area contributed by atoms with E-state index in [0.29, 0.717) is 13.1 Å². The predicted octanol–water partition coefficient (Wildman–Crippen LogP) is -0.130. The Morgan fingerprint density at radius 2 is 2.06 bits per heavy atom. The minimum absolute atomic E-state index is 0.245. The molecule has 0 saturated carbocycles. The number of nitrogens with zero attached hydrogens (tertiary/aromatic N) is 2. The number of nitrogens with one attached hydrogen (secondary N) is 1. The smallest absolute Gasteiger partial charge is 0.0972 e. The SMILES string of the molecule is Cc1nn(C)c(C)c1CNCC(C)(O)CO. The van der Waals surface area contributed by atoms with E-state index < -0.39 is 5.60 Å². The highest BCUT2D eigenvalue weighted by molar-refractivity contribution is 5.23. The molecular weight excluding hydrogens is 206 g/mol. The zero-order valence-corrected chi connectivity index (χ0v) is 10.4. The van der Waals surface area contributed by atoms with Crippen LogP contribution in [0.4, 0.5) is 0 Å². The van der Waals surface area contributed by atoms with Gasteiger partial charge in [-0.25, -0.2) is 0 Å². The Bertz CT molecular complexity index is 358. The summed E-state index contributed by atoms with van der Waals surface area (Å²) in [7, 11) is 1.91. The van der Waals surface area contributed by atoms with Crippen molar-refractivity contribution in [3.63, 3.8) is 0 Å². The number of hydrogen-bond donors (Lipinski definition) is 3. The molecule has 92 valence electrons. The van der Waals surface area contributed by atoms with E-state index in [1.165, 1.54) is 0 Å². The third-order valence-corrected chi connectivity index (χ3v) is 2.81. The van der Waals surface area contributed by atoms with Crippen LogP contribution in [0.25, 0.3) is 0 Å². The molecule has 0 saturated heterocycles. The van der Waals surface area contributed by atoms with Crippen LogP contribution in [0, 0.1) is 13.8 Å². The van der Waals surface area contributed by atoms with E-state index in [2.05, 4.69) is 10.4 Å². The normalized spacial score (nSPS) is 15.1. The molecule has 5 nitrogen and oxygen atoms in total. The van der Waals surface area contributed by atoms with Crippen LogP contribution in [-0.4, -0.2) is 38.7 Å². The van der Waals surface area contributed by atoms with Gasteiger partial charge in [-0.15, -0.1) is 0 Å². The topological polar surface area (TPSA) is 70.3 Å². The molecule has 0 aliphatic carbocycles. The first-order valence-electron chi connectivity index (χ1n) is 5.40. The molecule has 0 amide bonds. The molecule has 1 aromatic heterocycles. The summed E-state index contributed by atoms with van der Waals surface area (Å²) in [6.45, 7) is 6.35. The van der Waals surface area contributed by atoms with Gasteiger partial charge in [-0.1, -0.05) is 0 Å². The fourth-order valence-corrected chi connectivity index (χ4v) is 1.59. The van der Waals surface area contributed by atoms with Gasteiger partial charge in [-0.2, -0.15) is 5.10 Å². The zero-order chi connectivity index (χ0) is 12.3. The Morgan fingerprint density at radius 3 is 2.50 bits per heavy atom. The summed E-state index contributed by atoms with van der Waals surface area (Å²) < 4.78 is 1.84. The van der Waals surface area contributed by atoms with Crippen LogP contribution in [0.2, 0.25) is 0 Å². The Hall–Kier alpha value is -0.910. The van der Waals surface area contributed by atoms with Gasteiger partial charge in [0.1, 0.15) is 0 Å². The first-order valence-corrected chi connectivity index (χ1v) is 5.40. The largest absolute Gasteiger partial charge is 0.393 e. The molecular formula is C11H21N3O2. The number of aryl methyl sites for hydroxylation is 2. The molecule has 0 radical (unpaired) electrons. The highest BCUT2D eigenvalue weighted by Crippen LogP contribution is 2.11. The van der Waals surface area contributed by atoms with Gasteiger partial charge in [-0.3, -0.25) is 4.68 Å². The molecule has 5 heteroatoms. The van der Waals surface area contributed by atoms with Crippen molar-refractivity contribution in [1.29, 1.82) is 0 Å². The number of rotatable bonds is 5. The number of aromatic nitrogens is 2. The Kier molecular flexibility index (Phi) is 4.07. The van der Waals surface area contributed by atoms with Crippen LogP contribution in [-0.2, 0) is 13.6 Å². The maximum Gasteiger partial charge on any atom is 0.0972 e. The number of aliphatic hydroxyl groups is 2. The number of hydrogen-bond acceptors (Lipinski definition) is 4. The van der Waals surface area contributed by atoms with Gasteiger partial charge in [0.05, 0.1) is 17.9 Å². The average molecular weight is 227 g/mol. The second-order valence-electron chi connectivity index (χ2n) is 4.53. The lowest BCUT2D eigenvalue weighted by Gasteiger charge is -2.20. The molecule has 0 aromatic carbocycles. The molecule has 1 atom stereocenters. The van der Waals surface area contributed by atoms with Crippen molar-refractivity contribution >= 4 is 0 Å². The molecule has 16 heavy (non-hydrogen) atoms. The van der Waals surface area contributed by atoms with Crippen LogP contribution < -0.4 is 5.32 Å². The van der Waals surface area contributed by atoms with Gasteiger partial charge >= 0.3 is 0 Å². The van der Waals surface area contributed by atoms with Crippen molar-refractivity contribution in [2.24, 2.45) is 7.05 Å². The van der Waals surface area contributed by atoms with Crippen molar-refractivity contribution in [3.05, 3.63) is 17.0 Å². The summed E-state index contributed by atoms with van der Waals surface area (Å²) >= 11 is 0. The van der Waals surface area contributed by atoms with Crippen LogP contribution in [0.15, 0.2) is 0 Å². The Balaban J connectivity index is 2.55. The van der Waals surface area contributed by atoms with Gasteiger partial charge in [-0.05, 0) is 20.8 Å². The number of aliphatic hydroxyl groups excluding tert-OH is 1. The molecule has 0 aliphatic rings. The standard InChI is InChI=1S/C11H21N3O2/c1-8-10(9(2)14(4)13-8)5-12-6-11(3,16)7-15/h12,15-16H,5-7H2,1-4H3. The lowest BCUT2D eigenvalue weighted by Crippen LogP contribution is -2.40. The quantitative estimate of drug-likeness (QED) is 0.655. The lowest BCUT2D eigenvalue weighted by molar-refractivity contribution is 0.00252. The Labute approximate surface area is 96.1 Å². The van der Waals surface area contributed by atoms with Crippen LogP contribution in [0.1, 0.15) is 23.9 Å². The Morgan fingerprint density at radius 1 is 1.44 bits per heavy atom. The molecule has 1 heterocycles. The van der Waals surface area contributed by atoms with E-state index >= 15 is 0 Å². The fraction of sp³-hybridized carbons (Fsp3) is 0.727. The molecule has 0 fully saturated rings. The third-order valence-electron chi connectivity index (χ3n) is 2.81. The summed E-state index contributed by atoms with van der Waals surface area (Å²) in [6, 6.07) is 0. The van der Waals surface area contributed by atoms with Crippen molar-refractivity contribution in [1.82, 2.24) is 15.1 Å². The van der Waals surface area contributed by atoms with Crippen molar-refractivity contribution in [3.8, 4) is 0 Å². The molecule has 0 bridgehead atoms. The highest BCUT2D eigenvalue weighted by atomic mass is 16.3. The second kappa shape index (κ2) is 4.95. The van der Waals surface area contributed by atoms with E-state index in [9.17, 15) is 5.11 Å². The van der Waals surface area contributed by atoms with Crippen molar-refractivity contribution < 1.29 is 10.2 Å². The van der Waals surface area contributed by atoms with E-state index in [0.717, 1.165) is 17.0 Å². The molecule has 1 unspecified atom stereocenters. The summed E-state index contributed by atoms with van der Waals surface area (Å²) in [5.41, 5.74) is 2.20. The van der Waals surface area contributed by atoms with Crippen LogP contribution in [0.5, 0.6) is 0 Å². The summed E-state index contributed by atoms with van der Waals surface area (Å²) in [6.07, 6.45) is 0. The minimum Gasteiger partial charge on any atom is -0.393 e. The van der Waals surface area contributed by atoms with E-state index in [1.54, 1.807) is 6.92 Å². The van der Waals surface area contributed by atoms with Crippen LogP contribution in [0.3, 0.4) is 0 Å². The predicted molar refractivity (Wildman–Crippen MR) is 62.1 cm³/mol. The molecule has 0 spiro atoms. The third kappa shape index (κ3) is 3.04. The maximum absolute atomic E-state index is 9.61. The van der Waals surface area contributed by atoms with Gasteiger partial charge < -0.3 is 15.5 Å². The van der Waals surface area contributed by atoms with E-state index in [4.69, 9.17) is 5.11 Å². The molecule has 3 N–H and O–H groups in total. The molecule has 0 aliphatic heterocycles. The summed E-state index contributed by atoms with van der Waals surface area (Å²) in [5, 5.41) is 25.9. The summed E-state index contributed by atoms with van der Waals surface area (Å²) in [4.78, 5) is 0. The van der Waals surface area contributed by atoms with Gasteiger partial charge in [0.2, 0.25) is 0 Å². The second-order valence-corrected chi connectivity index (χ2v) is 4.53. The van der Waals surface area contributed by atoms with E-state index in [-0.39, 0.29) is 6.61 Å². The van der Waals surface area contributed by atoms with Gasteiger partial charge in [0, 0.05) is 31.4 Å². The van der Waals surface area contributed by atoms with Gasteiger partial charge in [0.15, 0.2) is 0 Å². The first kappa shape index (κ1) is 13.2. The van der Waals surface area contributed by atoms with Gasteiger partial charge in [0.25, 0.3) is 0 Å². The van der Waals surface area contributed by atoms with E-state index in [1.807, 2.05) is 25.6 Å². The molecule has 1 aromatic rings. The summed E-state index contributed by atoms with van der Waals surface area (Å²) in [5.74, 6) is 0.